The second-order valence-electron chi connectivity index (χ2n) is 7.15. The summed E-state index contributed by atoms with van der Waals surface area (Å²) in [4.78, 5) is 1.39. The summed E-state index contributed by atoms with van der Waals surface area (Å²) in [6.07, 6.45) is 0. The van der Waals surface area contributed by atoms with Gasteiger partial charge < -0.3 is 4.90 Å². The predicted molar refractivity (Wildman–Crippen MR) is 114 cm³/mol. The number of quaternary nitrogens is 1. The van der Waals surface area contributed by atoms with E-state index in [-0.39, 0.29) is 0 Å². The molecule has 0 amide bonds. The molecule has 4 heteroatoms. The number of benzene rings is 3. The minimum absolute atomic E-state index is 0.826. The fourth-order valence-corrected chi connectivity index (χ4v) is 4.01. The van der Waals surface area contributed by atoms with Crippen molar-refractivity contribution in [2.45, 2.75) is 20.1 Å². The van der Waals surface area contributed by atoms with E-state index in [1.807, 2.05) is 0 Å². The van der Waals surface area contributed by atoms with E-state index in [1.54, 1.807) is 0 Å². The van der Waals surface area contributed by atoms with Gasteiger partial charge in [-0.25, -0.2) is 0 Å². The van der Waals surface area contributed by atoms with Crippen molar-refractivity contribution < 1.29 is 4.90 Å². The number of aromatic nitrogens is 2. The Balaban J connectivity index is 1.75. The lowest BCUT2D eigenvalue weighted by molar-refractivity contribution is -0.916. The van der Waals surface area contributed by atoms with Crippen molar-refractivity contribution in [2.75, 3.05) is 7.05 Å². The molecule has 27 heavy (non-hydrogen) atoms. The molecule has 0 fully saturated rings. The van der Waals surface area contributed by atoms with Crippen molar-refractivity contribution >= 4 is 23.3 Å². The Kier molecular flexibility index (Phi) is 4.92. The van der Waals surface area contributed by atoms with E-state index >= 15 is 0 Å². The van der Waals surface area contributed by atoms with E-state index in [1.165, 1.54) is 21.5 Å². The monoisotopic (exact) mass is 374 g/mol. The molecule has 1 atom stereocenters. The molecule has 3 aromatic carbocycles. The van der Waals surface area contributed by atoms with E-state index in [4.69, 9.17) is 12.2 Å². The highest BCUT2D eigenvalue weighted by Crippen LogP contribution is 2.22. The van der Waals surface area contributed by atoms with Gasteiger partial charge in [-0.15, -0.1) is 0 Å². The minimum atomic E-state index is 0.826. The second kappa shape index (κ2) is 7.51. The van der Waals surface area contributed by atoms with Crippen molar-refractivity contribution in [1.29, 1.82) is 0 Å². The molecule has 0 saturated heterocycles. The maximum atomic E-state index is 5.91. The van der Waals surface area contributed by atoms with Crippen LogP contribution in [0.3, 0.4) is 0 Å². The molecule has 1 N–H and O–H groups in total. The molecule has 0 saturated carbocycles. The number of hydrogen-bond acceptors (Lipinski definition) is 1. The third kappa shape index (κ3) is 3.59. The number of hydrogen-bond donors (Lipinski definition) is 1. The number of imidazole rings is 1. The first-order valence-corrected chi connectivity index (χ1v) is 9.67. The lowest BCUT2D eigenvalue weighted by atomic mass is 10.2. The smallest absolute Gasteiger partial charge is 0.189 e. The van der Waals surface area contributed by atoms with Crippen molar-refractivity contribution in [2.24, 2.45) is 0 Å². The van der Waals surface area contributed by atoms with Crippen LogP contribution in [0.5, 0.6) is 0 Å². The van der Waals surface area contributed by atoms with Gasteiger partial charge >= 0.3 is 0 Å². The van der Waals surface area contributed by atoms with Crippen LogP contribution in [0.2, 0.25) is 0 Å². The van der Waals surface area contributed by atoms with Crippen LogP contribution in [0.25, 0.3) is 16.7 Å². The molecular formula is C23H24N3S+. The van der Waals surface area contributed by atoms with Gasteiger partial charge in [0.25, 0.3) is 0 Å². The second-order valence-corrected chi connectivity index (χ2v) is 7.52. The number of nitrogens with one attached hydrogen (secondary N) is 1. The number of para-hydroxylation sites is 2. The Morgan fingerprint density at radius 2 is 1.56 bits per heavy atom. The SMILES string of the molecule is Cc1cccc(-n2c(=S)n(C[NH+](C)Cc3ccccc3)c3ccccc32)c1. The van der Waals surface area contributed by atoms with E-state index in [0.717, 1.165) is 29.2 Å². The van der Waals surface area contributed by atoms with Gasteiger partial charge in [0, 0.05) is 11.3 Å². The van der Waals surface area contributed by atoms with Gasteiger partial charge in [-0.3, -0.25) is 9.13 Å². The molecule has 136 valence electrons. The zero-order chi connectivity index (χ0) is 18.8. The van der Waals surface area contributed by atoms with E-state index in [9.17, 15) is 0 Å². The maximum absolute atomic E-state index is 5.91. The number of rotatable bonds is 5. The van der Waals surface area contributed by atoms with Gasteiger partial charge in [0.2, 0.25) is 0 Å². The molecule has 1 unspecified atom stereocenters. The van der Waals surface area contributed by atoms with Crippen LogP contribution in [0.1, 0.15) is 11.1 Å². The van der Waals surface area contributed by atoms with Crippen LogP contribution < -0.4 is 4.90 Å². The minimum Gasteiger partial charge on any atom is -0.316 e. The lowest BCUT2D eigenvalue weighted by Gasteiger charge is -2.15. The topological polar surface area (TPSA) is 14.3 Å². The van der Waals surface area contributed by atoms with Crippen molar-refractivity contribution in [3.8, 4) is 5.69 Å². The summed E-state index contributed by atoms with van der Waals surface area (Å²) >= 11 is 5.91. The fraction of sp³-hybridized carbons (Fsp3) is 0.174. The van der Waals surface area contributed by atoms with Crippen molar-refractivity contribution in [1.82, 2.24) is 9.13 Å². The quantitative estimate of drug-likeness (QED) is 0.519. The number of aryl methyl sites for hydroxylation is 1. The van der Waals surface area contributed by atoms with Gasteiger partial charge in [-0.2, -0.15) is 0 Å². The Labute approximate surface area is 165 Å². The summed E-state index contributed by atoms with van der Waals surface area (Å²) in [5.41, 5.74) is 6.02. The summed E-state index contributed by atoms with van der Waals surface area (Å²) in [6.45, 7) is 3.91. The first-order valence-electron chi connectivity index (χ1n) is 9.26. The molecule has 3 nitrogen and oxygen atoms in total. The van der Waals surface area contributed by atoms with Crippen LogP contribution in [0, 0.1) is 11.7 Å². The van der Waals surface area contributed by atoms with E-state index < -0.39 is 0 Å². The van der Waals surface area contributed by atoms with Gasteiger partial charge in [0.15, 0.2) is 11.4 Å². The fourth-order valence-electron chi connectivity index (χ4n) is 3.65. The molecule has 0 bridgehead atoms. The molecule has 0 aliphatic carbocycles. The van der Waals surface area contributed by atoms with Crippen molar-refractivity contribution in [3.63, 3.8) is 0 Å². The Morgan fingerprint density at radius 3 is 2.30 bits per heavy atom. The van der Waals surface area contributed by atoms with Crippen molar-refractivity contribution in [3.05, 3.63) is 94.8 Å². The third-order valence-electron chi connectivity index (χ3n) is 4.87. The molecule has 4 rings (SSSR count). The van der Waals surface area contributed by atoms with E-state index in [2.05, 4.69) is 102 Å². The van der Waals surface area contributed by atoms with Gasteiger partial charge in [0.1, 0.15) is 6.54 Å². The molecule has 0 aliphatic rings. The maximum Gasteiger partial charge on any atom is 0.189 e. The summed E-state index contributed by atoms with van der Waals surface area (Å²) in [5, 5.41) is 0. The molecular weight excluding hydrogens is 350 g/mol. The normalized spacial score (nSPS) is 12.4. The summed E-state index contributed by atoms with van der Waals surface area (Å²) in [7, 11) is 2.22. The Morgan fingerprint density at radius 1 is 0.852 bits per heavy atom. The standard InChI is InChI=1S/C23H23N3S/c1-18-9-8-12-20(15-18)26-22-14-7-6-13-21(22)25(23(26)27)17-24(2)16-19-10-4-3-5-11-19/h3-15H,16-17H2,1-2H3/p+1. The van der Waals surface area contributed by atoms with Crippen LogP contribution in [-0.4, -0.2) is 16.2 Å². The zero-order valence-electron chi connectivity index (χ0n) is 15.7. The number of fused-ring (bicyclic) bond motifs is 1. The largest absolute Gasteiger partial charge is 0.316 e. The summed E-state index contributed by atoms with van der Waals surface area (Å²) in [6, 6.07) is 27.6. The molecule has 0 radical (unpaired) electrons. The summed E-state index contributed by atoms with van der Waals surface area (Å²) < 4.78 is 5.29. The van der Waals surface area contributed by atoms with E-state index in [0.29, 0.717) is 0 Å². The Hall–Kier alpha value is -2.69. The number of nitrogens with zero attached hydrogens (tertiary/aromatic N) is 2. The van der Waals surface area contributed by atoms with Crippen LogP contribution in [0.4, 0.5) is 0 Å². The molecule has 1 heterocycles. The first-order chi connectivity index (χ1) is 13.1. The third-order valence-corrected chi connectivity index (χ3v) is 5.28. The highest BCUT2D eigenvalue weighted by atomic mass is 32.1. The molecule has 4 aromatic rings. The average molecular weight is 375 g/mol. The average Bonchev–Trinajstić information content (AvgIpc) is 2.94. The van der Waals surface area contributed by atoms with Gasteiger partial charge in [0.05, 0.1) is 18.1 Å². The van der Waals surface area contributed by atoms with Crippen LogP contribution in [-0.2, 0) is 13.2 Å². The Bertz CT molecular complexity index is 1130. The van der Waals surface area contributed by atoms with Crippen LogP contribution in [0.15, 0.2) is 78.9 Å². The van der Waals surface area contributed by atoms with Crippen LogP contribution >= 0.6 is 12.2 Å². The molecule has 1 aromatic heterocycles. The molecule has 0 spiro atoms. The molecule has 0 aliphatic heterocycles. The lowest BCUT2D eigenvalue weighted by Crippen LogP contribution is -3.06. The first kappa shape index (κ1) is 17.7. The van der Waals surface area contributed by atoms with Gasteiger partial charge in [-0.05, 0) is 49.0 Å². The van der Waals surface area contributed by atoms with Gasteiger partial charge in [-0.1, -0.05) is 54.6 Å². The highest BCUT2D eigenvalue weighted by molar-refractivity contribution is 7.71. The predicted octanol–water partition coefficient (Wildman–Crippen LogP) is 4.14. The zero-order valence-corrected chi connectivity index (χ0v) is 16.5. The summed E-state index contributed by atoms with van der Waals surface area (Å²) in [5.74, 6) is 0. The highest BCUT2D eigenvalue weighted by Gasteiger charge is 2.15.